The minimum Gasteiger partial charge on any atom is -0.302 e. The Labute approximate surface area is 180 Å². The van der Waals surface area contributed by atoms with Crippen molar-refractivity contribution in [3.8, 4) is 0 Å². The third-order valence-electron chi connectivity index (χ3n) is 5.63. The number of aliphatic imine (C=N–C) groups is 1. The van der Waals surface area contributed by atoms with E-state index in [1.807, 2.05) is 24.3 Å². The van der Waals surface area contributed by atoms with Gasteiger partial charge < -0.3 is 4.90 Å². The number of carbonyl (C=O) groups is 2. The molecule has 1 saturated carbocycles. The molecule has 2 aromatic rings. The number of amides is 1. The van der Waals surface area contributed by atoms with Gasteiger partial charge >= 0.3 is 0 Å². The molecule has 2 unspecified atom stereocenters. The van der Waals surface area contributed by atoms with Gasteiger partial charge in [-0.2, -0.15) is 0 Å². The van der Waals surface area contributed by atoms with Gasteiger partial charge in [-0.25, -0.2) is 0 Å². The van der Waals surface area contributed by atoms with Crippen molar-refractivity contribution in [2.24, 2.45) is 16.3 Å². The van der Waals surface area contributed by atoms with E-state index in [4.69, 9.17) is 28.2 Å². The summed E-state index contributed by atoms with van der Waals surface area (Å²) in [6.45, 7) is 5.65. The average Bonchev–Trinajstić information content (AvgIpc) is 2.76. The van der Waals surface area contributed by atoms with Crippen LogP contribution in [0.1, 0.15) is 45.2 Å². The third kappa shape index (κ3) is 3.60. The van der Waals surface area contributed by atoms with Crippen molar-refractivity contribution in [1.82, 2.24) is 0 Å². The first-order chi connectivity index (χ1) is 13.7. The Morgan fingerprint density at radius 3 is 2.59 bits per heavy atom. The first-order valence-electron chi connectivity index (χ1n) is 9.62. The molecule has 0 spiro atoms. The first-order valence-corrected chi connectivity index (χ1v) is 10.4. The summed E-state index contributed by atoms with van der Waals surface area (Å²) in [6.07, 6.45) is 1.10. The number of anilines is 1. The van der Waals surface area contributed by atoms with Crippen LogP contribution in [0.4, 0.5) is 11.4 Å². The number of nitrogens with zero attached hydrogens (tertiary/aromatic N) is 2. The highest BCUT2D eigenvalue weighted by Gasteiger charge is 2.47. The first kappa shape index (κ1) is 20.1. The number of carbonyl (C=O) groups excluding carboxylic acids is 2. The number of hydrogen-bond acceptors (Lipinski definition) is 3. The van der Waals surface area contributed by atoms with E-state index in [-0.39, 0.29) is 17.1 Å². The van der Waals surface area contributed by atoms with Gasteiger partial charge in [0.2, 0.25) is 5.91 Å². The molecule has 0 aromatic heterocycles. The lowest BCUT2D eigenvalue weighted by molar-refractivity contribution is -0.124. The number of benzene rings is 2. The highest BCUT2D eigenvalue weighted by molar-refractivity contribution is 6.33. The van der Waals surface area contributed by atoms with Crippen LogP contribution in [0.2, 0.25) is 10.0 Å². The summed E-state index contributed by atoms with van der Waals surface area (Å²) in [5.41, 5.74) is 2.64. The summed E-state index contributed by atoms with van der Waals surface area (Å²) in [6, 6.07) is 12.1. The SMILES string of the molecule is CC(=O)N1c2ccccc2N=C2CC(C)(C)CC(=O)C2C1c1cc(Cl)ccc1Cl. The number of halogens is 2. The highest BCUT2D eigenvalue weighted by Crippen LogP contribution is 2.49. The number of para-hydroxylation sites is 2. The standard InChI is InChI=1S/C23H22Cl2N2O2/c1-13(28)27-19-7-5-4-6-17(19)26-18-11-23(2,3)12-20(29)21(18)22(27)15-10-14(24)8-9-16(15)25/h4-10,21-22H,11-12H2,1-3H3. The Bertz CT molecular complexity index is 1040. The van der Waals surface area contributed by atoms with E-state index in [2.05, 4.69) is 13.8 Å². The molecule has 0 N–H and O–H groups in total. The molecule has 6 heteroatoms. The van der Waals surface area contributed by atoms with Crippen LogP contribution in [0.3, 0.4) is 0 Å². The Balaban J connectivity index is 2.02. The van der Waals surface area contributed by atoms with E-state index < -0.39 is 12.0 Å². The Hall–Kier alpha value is -2.17. The Morgan fingerprint density at radius 2 is 1.86 bits per heavy atom. The van der Waals surface area contributed by atoms with Crippen LogP contribution >= 0.6 is 23.2 Å². The van der Waals surface area contributed by atoms with Crippen molar-refractivity contribution in [2.45, 2.75) is 39.7 Å². The van der Waals surface area contributed by atoms with E-state index in [0.717, 1.165) is 5.71 Å². The van der Waals surface area contributed by atoms with Gasteiger partial charge in [0, 0.05) is 29.1 Å². The summed E-state index contributed by atoms with van der Waals surface area (Å²) in [5.74, 6) is -0.664. The molecular weight excluding hydrogens is 407 g/mol. The average molecular weight is 429 g/mol. The summed E-state index contributed by atoms with van der Waals surface area (Å²) in [7, 11) is 0. The Morgan fingerprint density at radius 1 is 1.14 bits per heavy atom. The normalized spacial score (nSPS) is 23.0. The van der Waals surface area contributed by atoms with Crippen LogP contribution in [-0.4, -0.2) is 17.4 Å². The Kier molecular flexibility index (Phi) is 5.04. The molecule has 29 heavy (non-hydrogen) atoms. The van der Waals surface area contributed by atoms with Crippen LogP contribution < -0.4 is 4.90 Å². The van der Waals surface area contributed by atoms with Gasteiger partial charge in [-0.1, -0.05) is 49.2 Å². The van der Waals surface area contributed by atoms with Gasteiger partial charge in [0.05, 0.1) is 23.3 Å². The van der Waals surface area contributed by atoms with Gasteiger partial charge in [-0.05, 0) is 47.7 Å². The number of ketones is 1. The number of fused-ring (bicyclic) bond motifs is 2. The molecule has 1 heterocycles. The van der Waals surface area contributed by atoms with Gasteiger partial charge in [0.15, 0.2) is 0 Å². The fourth-order valence-electron chi connectivity index (χ4n) is 4.54. The van der Waals surface area contributed by atoms with Crippen molar-refractivity contribution in [1.29, 1.82) is 0 Å². The van der Waals surface area contributed by atoms with Crippen LogP contribution in [0.25, 0.3) is 0 Å². The molecule has 4 rings (SSSR count). The van der Waals surface area contributed by atoms with E-state index in [9.17, 15) is 9.59 Å². The third-order valence-corrected chi connectivity index (χ3v) is 6.21. The molecule has 0 radical (unpaired) electrons. The quantitative estimate of drug-likeness (QED) is 0.544. The van der Waals surface area contributed by atoms with Gasteiger partial charge in [-0.3, -0.25) is 14.6 Å². The lowest BCUT2D eigenvalue weighted by atomic mass is 9.68. The largest absolute Gasteiger partial charge is 0.302 e. The second kappa shape index (κ2) is 7.26. The molecule has 2 atom stereocenters. The van der Waals surface area contributed by atoms with Gasteiger partial charge in [0.25, 0.3) is 0 Å². The molecule has 4 nitrogen and oxygen atoms in total. The van der Waals surface area contributed by atoms with Crippen molar-refractivity contribution >= 4 is 52.0 Å². The molecule has 1 fully saturated rings. The molecule has 0 bridgehead atoms. The van der Waals surface area contributed by atoms with Crippen molar-refractivity contribution < 1.29 is 9.59 Å². The van der Waals surface area contributed by atoms with E-state index in [1.165, 1.54) is 6.92 Å². The zero-order valence-electron chi connectivity index (χ0n) is 16.6. The lowest BCUT2D eigenvalue weighted by Gasteiger charge is -2.41. The predicted octanol–water partition coefficient (Wildman–Crippen LogP) is 6.18. The van der Waals surface area contributed by atoms with Crippen LogP contribution in [0, 0.1) is 11.3 Å². The van der Waals surface area contributed by atoms with Crippen molar-refractivity contribution in [3.63, 3.8) is 0 Å². The molecule has 150 valence electrons. The maximum Gasteiger partial charge on any atom is 0.224 e. The number of Topliss-reactive ketones (excluding diaryl/α,β-unsaturated/α-hetero) is 1. The smallest absolute Gasteiger partial charge is 0.224 e. The zero-order chi connectivity index (χ0) is 20.9. The zero-order valence-corrected chi connectivity index (χ0v) is 18.1. The van der Waals surface area contributed by atoms with Gasteiger partial charge in [0.1, 0.15) is 5.78 Å². The van der Waals surface area contributed by atoms with Gasteiger partial charge in [-0.15, -0.1) is 0 Å². The van der Waals surface area contributed by atoms with Crippen LogP contribution in [0.5, 0.6) is 0 Å². The monoisotopic (exact) mass is 428 g/mol. The number of hydrogen-bond donors (Lipinski definition) is 0. The van der Waals surface area contributed by atoms with E-state index in [1.54, 1.807) is 23.1 Å². The lowest BCUT2D eigenvalue weighted by Crippen LogP contribution is -2.47. The van der Waals surface area contributed by atoms with E-state index >= 15 is 0 Å². The molecule has 0 saturated heterocycles. The van der Waals surface area contributed by atoms with Crippen molar-refractivity contribution in [2.75, 3.05) is 4.90 Å². The number of rotatable bonds is 1. The summed E-state index contributed by atoms with van der Waals surface area (Å²) in [5, 5.41) is 0.981. The second-order valence-corrected chi connectivity index (χ2v) is 9.40. The summed E-state index contributed by atoms with van der Waals surface area (Å²) in [4.78, 5) is 32.8. The van der Waals surface area contributed by atoms with Crippen molar-refractivity contribution in [3.05, 3.63) is 58.1 Å². The molecular formula is C23H22Cl2N2O2. The highest BCUT2D eigenvalue weighted by atomic mass is 35.5. The van der Waals surface area contributed by atoms with Crippen LogP contribution in [0.15, 0.2) is 47.5 Å². The summed E-state index contributed by atoms with van der Waals surface area (Å²) < 4.78 is 0. The summed E-state index contributed by atoms with van der Waals surface area (Å²) >= 11 is 12.9. The van der Waals surface area contributed by atoms with Crippen LogP contribution in [-0.2, 0) is 9.59 Å². The minimum atomic E-state index is -0.593. The fourth-order valence-corrected chi connectivity index (χ4v) is 4.95. The minimum absolute atomic E-state index is 0.0695. The molecule has 1 amide bonds. The predicted molar refractivity (Wildman–Crippen MR) is 117 cm³/mol. The second-order valence-electron chi connectivity index (χ2n) is 8.55. The molecule has 2 aromatic carbocycles. The maximum absolute atomic E-state index is 13.4. The van der Waals surface area contributed by atoms with E-state index in [0.29, 0.717) is 39.8 Å². The maximum atomic E-state index is 13.4. The molecule has 2 aliphatic rings. The topological polar surface area (TPSA) is 49.7 Å². The molecule has 1 aliphatic carbocycles. The molecule has 1 aliphatic heterocycles. The fraction of sp³-hybridized carbons (Fsp3) is 0.348.